The van der Waals surface area contributed by atoms with Crippen LogP contribution in [0.5, 0.6) is 17.2 Å². The highest BCUT2D eigenvalue weighted by Gasteiger charge is 2.07. The van der Waals surface area contributed by atoms with E-state index in [4.69, 9.17) is 30.7 Å². The molecule has 142 valence electrons. The van der Waals surface area contributed by atoms with Gasteiger partial charge in [-0.2, -0.15) is 0 Å². The summed E-state index contributed by atoms with van der Waals surface area (Å²) < 4.78 is 114. The minimum atomic E-state index is -3.86. The molecule has 0 aliphatic heterocycles. The quantitative estimate of drug-likeness (QED) is 0.670. The van der Waals surface area contributed by atoms with Crippen LogP contribution in [0.2, 0.25) is 0 Å². The lowest BCUT2D eigenvalue weighted by molar-refractivity contribution is 0.0976. The lowest BCUT2D eigenvalue weighted by Crippen LogP contribution is -2.17. The first-order valence-electron chi connectivity index (χ1n) is 13.8. The van der Waals surface area contributed by atoms with Gasteiger partial charge >= 0.3 is 0 Å². The van der Waals surface area contributed by atoms with E-state index in [0.29, 0.717) is 0 Å². The standard InChI is InChI=1S/C22H30O4/c1-16-9-11-20(13-17(16)2)26-15-19(23)8-6-5-7-18-10-12-21(24-3)22(14-18)25-4/h9-14,19,23H,5-8,15H2,1-4H3/i5D2,7D2,8D2,9D,11D,13D,15D2,19D. The minimum Gasteiger partial charge on any atom is -0.493 e. The van der Waals surface area contributed by atoms with Gasteiger partial charge in [0.2, 0.25) is 0 Å². The molecule has 4 nitrogen and oxygen atoms in total. The van der Waals surface area contributed by atoms with Crippen molar-refractivity contribution in [2.45, 2.75) is 45.5 Å². The van der Waals surface area contributed by atoms with Crippen LogP contribution in [0.3, 0.4) is 0 Å². The highest BCUT2D eigenvalue weighted by Crippen LogP contribution is 2.28. The molecule has 0 aromatic heterocycles. The highest BCUT2D eigenvalue weighted by molar-refractivity contribution is 5.42. The van der Waals surface area contributed by atoms with E-state index in [0.717, 1.165) is 6.07 Å². The van der Waals surface area contributed by atoms with Gasteiger partial charge in [-0.15, -0.1) is 0 Å². The first kappa shape index (κ1) is 9.14. The Bertz CT molecular complexity index is 1170. The van der Waals surface area contributed by atoms with Crippen molar-refractivity contribution < 1.29 is 35.8 Å². The van der Waals surface area contributed by atoms with Crippen LogP contribution >= 0.6 is 0 Å². The first-order chi connectivity index (χ1) is 17.1. The lowest BCUT2D eigenvalue weighted by Gasteiger charge is -2.13. The maximum absolute atomic E-state index is 10.8. The molecule has 4 heteroatoms. The Morgan fingerprint density at radius 3 is 2.65 bits per heavy atom. The van der Waals surface area contributed by atoms with Crippen molar-refractivity contribution in [1.29, 1.82) is 0 Å². The molecule has 2 aromatic rings. The van der Waals surface area contributed by atoms with Gasteiger partial charge < -0.3 is 19.3 Å². The third kappa shape index (κ3) is 5.95. The van der Waals surface area contributed by atoms with E-state index in [9.17, 15) is 5.11 Å². The molecule has 0 bridgehead atoms. The van der Waals surface area contributed by atoms with Crippen LogP contribution in [0.4, 0.5) is 0 Å². The number of ether oxygens (including phenoxy) is 3. The Morgan fingerprint density at radius 2 is 1.92 bits per heavy atom. The van der Waals surface area contributed by atoms with E-state index in [2.05, 4.69) is 0 Å². The second kappa shape index (κ2) is 10.1. The summed E-state index contributed by atoms with van der Waals surface area (Å²) in [7, 11) is 2.64. The van der Waals surface area contributed by atoms with Crippen LogP contribution < -0.4 is 14.2 Å². The number of methoxy groups -OCH3 is 2. The SMILES string of the molecule is [2H]c1c([2H])c(OC([2H])([2H])C([2H])(O)C([2H])([2H])CC([2H])([2H])C([2H])([2H])c2ccc(OC)c(OC)c2)c([2H])c(C)c1C. The lowest BCUT2D eigenvalue weighted by atomic mass is 10.0. The third-order valence-corrected chi connectivity index (χ3v) is 3.44. The summed E-state index contributed by atoms with van der Waals surface area (Å²) in [4.78, 5) is 0. The van der Waals surface area contributed by atoms with Crippen LogP contribution in [0.25, 0.3) is 0 Å². The zero-order valence-corrected chi connectivity index (χ0v) is 15.1. The second-order valence-corrected chi connectivity index (χ2v) is 5.23. The van der Waals surface area contributed by atoms with E-state index in [1.54, 1.807) is 0 Å². The van der Waals surface area contributed by atoms with Crippen molar-refractivity contribution in [3.63, 3.8) is 0 Å². The van der Waals surface area contributed by atoms with E-state index in [1.807, 2.05) is 0 Å². The zero-order valence-electron chi connectivity index (χ0n) is 27.1. The molecule has 1 atom stereocenters. The van der Waals surface area contributed by atoms with E-state index < -0.39 is 56.0 Å². The molecule has 0 aliphatic rings. The smallest absolute Gasteiger partial charge is 0.160 e. The van der Waals surface area contributed by atoms with Gasteiger partial charge in [-0.3, -0.25) is 0 Å². The summed E-state index contributed by atoms with van der Waals surface area (Å²) in [6, 6.07) is 2.09. The monoisotopic (exact) mass is 370 g/mol. The average Bonchev–Trinajstić information content (AvgIpc) is 2.82. The van der Waals surface area contributed by atoms with E-state index in [-0.39, 0.29) is 34.2 Å². The molecule has 1 N–H and O–H groups in total. The summed E-state index contributed by atoms with van der Waals surface area (Å²) in [5.74, 6) is -0.485. The summed E-state index contributed by atoms with van der Waals surface area (Å²) in [6.45, 7) is -0.767. The van der Waals surface area contributed by atoms with Gasteiger partial charge in [0.05, 0.1) is 28.5 Å². The van der Waals surface area contributed by atoms with Gasteiger partial charge in [-0.05, 0) is 73.9 Å². The predicted molar refractivity (Wildman–Crippen MR) is 105 cm³/mol. The molecule has 0 heterocycles. The summed E-state index contributed by atoms with van der Waals surface area (Å²) in [5.41, 5.74) is 0.169. The van der Waals surface area contributed by atoms with Crippen LogP contribution in [-0.2, 0) is 6.37 Å². The van der Waals surface area contributed by atoms with Gasteiger partial charge in [0.1, 0.15) is 12.3 Å². The van der Waals surface area contributed by atoms with Crippen molar-refractivity contribution in [3.8, 4) is 17.2 Å². The molecular weight excluding hydrogens is 328 g/mol. The number of aliphatic hydroxyl groups is 1. The molecule has 0 radical (unpaired) electrons. The topological polar surface area (TPSA) is 47.9 Å². The summed E-state index contributed by atoms with van der Waals surface area (Å²) >= 11 is 0. The van der Waals surface area contributed by atoms with Crippen LogP contribution in [0, 0.1) is 13.8 Å². The van der Waals surface area contributed by atoms with Crippen LogP contribution in [-0.4, -0.2) is 32.0 Å². The fourth-order valence-corrected chi connectivity index (χ4v) is 1.91. The summed E-state index contributed by atoms with van der Waals surface area (Å²) in [6.07, 6.45) is -14.9. The molecule has 2 rings (SSSR count). The van der Waals surface area contributed by atoms with Crippen LogP contribution in [0.1, 0.15) is 52.3 Å². The summed E-state index contributed by atoms with van der Waals surface area (Å²) in [5, 5.41) is 10.8. The molecule has 26 heavy (non-hydrogen) atoms. The molecule has 2 aromatic carbocycles. The number of hydrogen-bond donors (Lipinski definition) is 1. The number of benzene rings is 2. The molecule has 0 spiro atoms. The molecule has 0 aliphatic carbocycles. The van der Waals surface area contributed by atoms with E-state index >= 15 is 0 Å². The normalized spacial score (nSPS) is 22.0. The Kier molecular flexibility index (Phi) is 3.54. The number of hydrogen-bond acceptors (Lipinski definition) is 4. The Balaban J connectivity index is 2.48. The van der Waals surface area contributed by atoms with Crippen molar-refractivity contribution in [2.24, 2.45) is 0 Å². The largest absolute Gasteiger partial charge is 0.493 e. The Hall–Kier alpha value is -2.20. The van der Waals surface area contributed by atoms with Crippen LogP contribution in [0.15, 0.2) is 36.3 Å². The molecule has 0 amide bonds. The van der Waals surface area contributed by atoms with Gasteiger partial charge in [-0.25, -0.2) is 0 Å². The maximum atomic E-state index is 10.8. The third-order valence-electron chi connectivity index (χ3n) is 3.44. The number of rotatable bonds is 10. The molecule has 0 fully saturated rings. The fourth-order valence-electron chi connectivity index (χ4n) is 1.91. The van der Waals surface area contributed by atoms with Crippen molar-refractivity contribution in [1.82, 2.24) is 0 Å². The van der Waals surface area contributed by atoms with Crippen molar-refractivity contribution in [2.75, 3.05) is 20.8 Å². The molecule has 0 saturated carbocycles. The fraction of sp³-hybridized carbons (Fsp3) is 0.455. The van der Waals surface area contributed by atoms with E-state index in [1.165, 1.54) is 40.2 Å². The average molecular weight is 371 g/mol. The minimum absolute atomic E-state index is 0.0777. The maximum Gasteiger partial charge on any atom is 0.160 e. The first-order valence-corrected chi connectivity index (χ1v) is 7.80. The zero-order chi connectivity index (χ0) is 29.6. The van der Waals surface area contributed by atoms with Crippen molar-refractivity contribution >= 4 is 0 Å². The van der Waals surface area contributed by atoms with Gasteiger partial charge in [-0.1, -0.05) is 18.5 Å². The molecule has 0 saturated heterocycles. The van der Waals surface area contributed by atoms with Crippen molar-refractivity contribution in [3.05, 3.63) is 53.0 Å². The van der Waals surface area contributed by atoms with Gasteiger partial charge in [0.25, 0.3) is 0 Å². The Labute approximate surface area is 173 Å². The van der Waals surface area contributed by atoms with Gasteiger partial charge in [0, 0.05) is 8.22 Å². The molecule has 1 unspecified atom stereocenters. The number of aryl methyl sites for hydroxylation is 1. The highest BCUT2D eigenvalue weighted by atomic mass is 16.5. The predicted octanol–water partition coefficient (Wildman–Crippen LogP) is 4.47. The Morgan fingerprint density at radius 1 is 1.15 bits per heavy atom. The van der Waals surface area contributed by atoms with Gasteiger partial charge in [0.15, 0.2) is 11.5 Å². The molecular formula is C22H30O4. The second-order valence-electron chi connectivity index (χ2n) is 5.23.